The van der Waals surface area contributed by atoms with E-state index >= 15 is 0 Å². The summed E-state index contributed by atoms with van der Waals surface area (Å²) in [5.74, 6) is -2.13. The Morgan fingerprint density at radius 1 is 0.976 bits per heavy atom. The molecule has 9 heteroatoms. The van der Waals surface area contributed by atoms with Crippen LogP contribution in [0.25, 0.3) is 0 Å². The van der Waals surface area contributed by atoms with Crippen molar-refractivity contribution in [2.75, 3.05) is 0 Å². The van der Waals surface area contributed by atoms with Crippen LogP contribution in [0.3, 0.4) is 0 Å². The van der Waals surface area contributed by atoms with Crippen molar-refractivity contribution in [3.8, 4) is 0 Å². The number of carboxylic acid groups (broad SMARTS) is 1. The maximum Gasteiger partial charge on any atom is 0.412 e. The number of aliphatic hydroxyl groups excluding tert-OH is 2. The summed E-state index contributed by atoms with van der Waals surface area (Å²) in [6.45, 7) is 12.6. The van der Waals surface area contributed by atoms with Gasteiger partial charge in [-0.2, -0.15) is 13.2 Å². The summed E-state index contributed by atoms with van der Waals surface area (Å²) in [7, 11) is 0. The summed E-state index contributed by atoms with van der Waals surface area (Å²) in [6.07, 6.45) is -3.77. The minimum absolute atomic E-state index is 0.0836. The topological polar surface area (TPSA) is 104 Å². The van der Waals surface area contributed by atoms with Gasteiger partial charge in [0.05, 0.1) is 12.2 Å². The van der Waals surface area contributed by atoms with Crippen LogP contribution >= 0.6 is 0 Å². The molecule has 0 amide bonds. The van der Waals surface area contributed by atoms with Gasteiger partial charge in [-0.3, -0.25) is 4.79 Å². The summed E-state index contributed by atoms with van der Waals surface area (Å²) < 4.78 is 47.0. The Labute approximate surface area is 241 Å². The molecule has 0 heterocycles. The lowest BCUT2D eigenvalue weighted by molar-refractivity contribution is -0.234. The maximum absolute atomic E-state index is 13.7. The van der Waals surface area contributed by atoms with Gasteiger partial charge in [0.2, 0.25) is 0 Å². The number of carbonyl (C=O) groups excluding carboxylic acids is 1. The molecule has 4 aliphatic rings. The monoisotopic (exact) mass is 584 g/mol. The number of hydrogen-bond acceptors (Lipinski definition) is 5. The van der Waals surface area contributed by atoms with E-state index in [9.17, 15) is 38.1 Å². The molecule has 1 unspecified atom stereocenters. The van der Waals surface area contributed by atoms with Gasteiger partial charge in [0.15, 0.2) is 0 Å². The van der Waals surface area contributed by atoms with Crippen LogP contribution in [0.1, 0.15) is 99.8 Å². The molecule has 4 aliphatic carbocycles. The van der Waals surface area contributed by atoms with E-state index in [0.29, 0.717) is 18.4 Å². The second kappa shape index (κ2) is 10.7. The average molecular weight is 585 g/mol. The van der Waals surface area contributed by atoms with Crippen LogP contribution in [-0.4, -0.2) is 51.7 Å². The lowest BCUT2D eigenvalue weighted by Gasteiger charge is -2.69. The molecule has 4 saturated carbocycles. The normalized spacial score (nSPS) is 43.4. The average Bonchev–Trinajstić information content (AvgIpc) is 3.09. The molecule has 4 rings (SSSR count). The summed E-state index contributed by atoms with van der Waals surface area (Å²) in [6, 6.07) is 0. The summed E-state index contributed by atoms with van der Waals surface area (Å²) in [5.41, 5.74) is -1.67. The van der Waals surface area contributed by atoms with Gasteiger partial charge < -0.3 is 20.1 Å². The lowest BCUT2D eigenvalue weighted by atomic mass is 9.36. The highest BCUT2D eigenvalue weighted by Gasteiger charge is 2.70. The number of rotatable bonds is 5. The van der Waals surface area contributed by atoms with Crippen molar-refractivity contribution in [3.63, 3.8) is 0 Å². The highest BCUT2D eigenvalue weighted by molar-refractivity contribution is 5.88. The molecule has 0 aromatic carbocycles. The van der Waals surface area contributed by atoms with E-state index in [1.807, 2.05) is 0 Å². The Morgan fingerprint density at radius 3 is 2.15 bits per heavy atom. The molecule has 0 bridgehead atoms. The standard InChI is InChI=1S/C32H47F3O6/c1-16(2)20(32(33,34)35)9-8-19(28(39)40)26-22-14-24(38)27-29(5)12-11-23(37)17(3)21(29)10-13-30(27,6)31(22,7)15-25(26)41-18(4)36/h17,21-25,27,37-38H,8-15H2,1-7H3,(H,39,40)/b26-19-/t17-,21-,22-,23+,24+,25-,27?,29-,30-,31-/m0/s1. The smallest absolute Gasteiger partial charge is 0.412 e. The third-order valence-corrected chi connectivity index (χ3v) is 12.2. The van der Waals surface area contributed by atoms with E-state index in [1.54, 1.807) is 0 Å². The summed E-state index contributed by atoms with van der Waals surface area (Å²) in [4.78, 5) is 24.9. The fourth-order valence-corrected chi connectivity index (χ4v) is 10.2. The van der Waals surface area contributed by atoms with Crippen LogP contribution < -0.4 is 0 Å². The molecule has 0 saturated heterocycles. The van der Waals surface area contributed by atoms with Gasteiger partial charge in [0.1, 0.15) is 6.10 Å². The number of allylic oxidation sites excluding steroid dienone is 2. The number of halogens is 3. The number of esters is 1. The highest BCUT2D eigenvalue weighted by Crippen LogP contribution is 2.74. The van der Waals surface area contributed by atoms with Crippen LogP contribution in [0.4, 0.5) is 13.2 Å². The van der Waals surface area contributed by atoms with Crippen molar-refractivity contribution in [3.05, 3.63) is 22.3 Å². The predicted octanol–water partition coefficient (Wildman–Crippen LogP) is 6.60. The number of aliphatic hydroxyl groups is 2. The first kappa shape index (κ1) is 32.1. The van der Waals surface area contributed by atoms with Crippen LogP contribution in [0.2, 0.25) is 0 Å². The van der Waals surface area contributed by atoms with Gasteiger partial charge in [0, 0.05) is 18.1 Å². The van der Waals surface area contributed by atoms with Crippen molar-refractivity contribution in [1.82, 2.24) is 0 Å². The van der Waals surface area contributed by atoms with Crippen LogP contribution in [-0.2, 0) is 14.3 Å². The first-order chi connectivity index (χ1) is 18.8. The zero-order valence-corrected chi connectivity index (χ0v) is 25.4. The van der Waals surface area contributed by atoms with Crippen molar-refractivity contribution >= 4 is 11.9 Å². The molecule has 4 fully saturated rings. The van der Waals surface area contributed by atoms with E-state index in [-0.39, 0.29) is 53.3 Å². The van der Waals surface area contributed by atoms with Crippen molar-refractivity contribution in [1.29, 1.82) is 0 Å². The Bertz CT molecular complexity index is 1140. The fourth-order valence-electron chi connectivity index (χ4n) is 10.2. The Morgan fingerprint density at radius 2 is 1.61 bits per heavy atom. The van der Waals surface area contributed by atoms with E-state index in [1.165, 1.54) is 20.8 Å². The number of carbonyl (C=O) groups is 2. The van der Waals surface area contributed by atoms with Crippen LogP contribution in [0.5, 0.6) is 0 Å². The molecule has 10 atom stereocenters. The molecule has 0 aromatic rings. The molecule has 0 aromatic heterocycles. The van der Waals surface area contributed by atoms with Gasteiger partial charge in [-0.05, 0) is 111 Å². The van der Waals surface area contributed by atoms with Crippen molar-refractivity contribution in [2.24, 2.45) is 39.9 Å². The van der Waals surface area contributed by atoms with E-state index in [2.05, 4.69) is 27.7 Å². The number of alkyl halides is 3. The molecule has 232 valence electrons. The Balaban J connectivity index is 1.82. The summed E-state index contributed by atoms with van der Waals surface area (Å²) >= 11 is 0. The Hall–Kier alpha value is -1.87. The second-order valence-electron chi connectivity index (χ2n) is 14.3. The third kappa shape index (κ3) is 5.07. The largest absolute Gasteiger partial charge is 0.478 e. The quantitative estimate of drug-likeness (QED) is 0.191. The second-order valence-corrected chi connectivity index (χ2v) is 14.3. The number of aliphatic carboxylic acids is 1. The molecule has 0 aliphatic heterocycles. The van der Waals surface area contributed by atoms with Crippen LogP contribution in [0.15, 0.2) is 22.3 Å². The number of ether oxygens (including phenoxy) is 1. The van der Waals surface area contributed by atoms with Crippen molar-refractivity contribution < 1.29 is 42.8 Å². The van der Waals surface area contributed by atoms with Crippen molar-refractivity contribution in [2.45, 2.75) is 124 Å². The number of fused-ring (bicyclic) bond motifs is 5. The lowest BCUT2D eigenvalue weighted by Crippen LogP contribution is -2.65. The predicted molar refractivity (Wildman–Crippen MR) is 148 cm³/mol. The Kier molecular flexibility index (Phi) is 8.36. The molecule has 3 N–H and O–H groups in total. The van der Waals surface area contributed by atoms with Gasteiger partial charge in [-0.1, -0.05) is 33.3 Å². The highest BCUT2D eigenvalue weighted by atomic mass is 19.4. The van der Waals surface area contributed by atoms with E-state index in [0.717, 1.165) is 19.3 Å². The number of carboxylic acids is 1. The van der Waals surface area contributed by atoms with Gasteiger partial charge in [-0.25, -0.2) is 4.79 Å². The van der Waals surface area contributed by atoms with E-state index < -0.39 is 59.1 Å². The zero-order chi connectivity index (χ0) is 30.9. The molecule has 0 radical (unpaired) electrons. The molecule has 0 spiro atoms. The fraction of sp³-hybridized carbons (Fsp3) is 0.812. The minimum Gasteiger partial charge on any atom is -0.478 e. The minimum atomic E-state index is -4.58. The first-order valence-electron chi connectivity index (χ1n) is 15.0. The summed E-state index contributed by atoms with van der Waals surface area (Å²) in [5, 5.41) is 32.9. The molecular weight excluding hydrogens is 537 g/mol. The first-order valence-corrected chi connectivity index (χ1v) is 15.0. The molecule has 41 heavy (non-hydrogen) atoms. The van der Waals surface area contributed by atoms with Gasteiger partial charge in [-0.15, -0.1) is 0 Å². The van der Waals surface area contributed by atoms with Crippen LogP contribution in [0, 0.1) is 39.9 Å². The zero-order valence-electron chi connectivity index (χ0n) is 25.4. The third-order valence-electron chi connectivity index (χ3n) is 12.2. The number of hydrogen-bond donors (Lipinski definition) is 3. The van der Waals surface area contributed by atoms with E-state index in [4.69, 9.17) is 4.74 Å². The maximum atomic E-state index is 13.7. The van der Waals surface area contributed by atoms with Gasteiger partial charge >= 0.3 is 18.1 Å². The molecule has 6 nitrogen and oxygen atoms in total. The van der Waals surface area contributed by atoms with Gasteiger partial charge in [0.25, 0.3) is 0 Å². The molecular formula is C32H47F3O6. The SMILES string of the molecule is CC(=O)O[C@H]1C[C@@]2(C)[C@@H](C[C@@H](O)C3[C@]2(C)CC[C@H]2[C@H](C)[C@H](O)CC[C@]32C)/C1=C(\CCC(=C(C)C)C(F)(F)F)C(=O)O.